The molecule has 0 radical (unpaired) electrons. The minimum Gasteiger partial charge on any atom is -0.479 e. The molecule has 2 N–H and O–H groups in total. The van der Waals surface area contributed by atoms with Gasteiger partial charge in [0.25, 0.3) is 10.0 Å². The lowest BCUT2D eigenvalue weighted by Crippen LogP contribution is -2.27. The lowest BCUT2D eigenvalue weighted by atomic mass is 10.3. The Morgan fingerprint density at radius 1 is 1.53 bits per heavy atom. The van der Waals surface area contributed by atoms with Gasteiger partial charge in [-0.25, -0.2) is 17.6 Å². The monoisotopic (exact) mass is 283 g/mol. The van der Waals surface area contributed by atoms with Crippen LogP contribution in [0.4, 0.5) is 4.39 Å². The van der Waals surface area contributed by atoms with Crippen LogP contribution in [0.25, 0.3) is 0 Å². The lowest BCUT2D eigenvalue weighted by Gasteiger charge is -2.07. The van der Waals surface area contributed by atoms with Crippen LogP contribution in [0.15, 0.2) is 23.1 Å². The van der Waals surface area contributed by atoms with Gasteiger partial charge >= 0.3 is 5.97 Å². The summed E-state index contributed by atoms with van der Waals surface area (Å²) in [6, 6.07) is 3.37. The Morgan fingerprint density at radius 3 is 2.76 bits per heavy atom. The number of carbonyl (C=O) groups is 1. The minimum atomic E-state index is -4.30. The molecule has 1 aromatic carbocycles. The molecule has 0 amide bonds. The fourth-order valence-electron chi connectivity index (χ4n) is 0.905. The van der Waals surface area contributed by atoms with Crippen molar-refractivity contribution in [3.05, 3.63) is 29.0 Å². The normalized spacial score (nSPS) is 11.4. The first-order valence-corrected chi connectivity index (χ1v) is 6.00. The van der Waals surface area contributed by atoms with Crippen molar-refractivity contribution >= 4 is 27.6 Å². The molecule has 17 heavy (non-hydrogen) atoms. The van der Waals surface area contributed by atoms with Gasteiger partial charge in [-0.3, -0.25) is 4.84 Å². The van der Waals surface area contributed by atoms with Crippen molar-refractivity contribution in [3.8, 4) is 0 Å². The van der Waals surface area contributed by atoms with Crippen molar-refractivity contribution in [1.82, 2.24) is 4.89 Å². The number of nitrogens with one attached hydrogen (secondary N) is 1. The second kappa shape index (κ2) is 5.41. The van der Waals surface area contributed by atoms with Crippen LogP contribution in [0.2, 0.25) is 5.02 Å². The first-order valence-electron chi connectivity index (χ1n) is 4.14. The number of benzene rings is 1. The highest BCUT2D eigenvalue weighted by molar-refractivity contribution is 7.89. The third-order valence-electron chi connectivity index (χ3n) is 1.57. The largest absolute Gasteiger partial charge is 0.479 e. The van der Waals surface area contributed by atoms with E-state index in [0.29, 0.717) is 0 Å². The lowest BCUT2D eigenvalue weighted by molar-refractivity contribution is -0.143. The summed E-state index contributed by atoms with van der Waals surface area (Å²) < 4.78 is 36.3. The Labute approximate surface area is 101 Å². The zero-order valence-corrected chi connectivity index (χ0v) is 9.76. The van der Waals surface area contributed by atoms with Crippen LogP contribution < -0.4 is 4.89 Å². The number of carboxylic acid groups (broad SMARTS) is 1. The first kappa shape index (κ1) is 13.8. The number of sulfonamides is 1. The number of hydrogen-bond acceptors (Lipinski definition) is 4. The Hall–Kier alpha value is -1.22. The standard InChI is InChI=1S/C8H7ClFNO5S/c9-5-2-1-3-6(8(5)10)17(14,15)11-16-4-7(12)13/h1-3,11H,4H2,(H,12,13). The van der Waals surface area contributed by atoms with E-state index in [1.54, 1.807) is 0 Å². The molecule has 6 nitrogen and oxygen atoms in total. The van der Waals surface area contributed by atoms with Crippen LogP contribution in [0.1, 0.15) is 0 Å². The van der Waals surface area contributed by atoms with Gasteiger partial charge in [0.2, 0.25) is 0 Å². The van der Waals surface area contributed by atoms with Crippen molar-refractivity contribution in [2.75, 3.05) is 6.61 Å². The van der Waals surface area contributed by atoms with Crippen LogP contribution in [0.5, 0.6) is 0 Å². The quantitative estimate of drug-likeness (QED) is 0.779. The van der Waals surface area contributed by atoms with Gasteiger partial charge in [-0.15, -0.1) is 0 Å². The maximum absolute atomic E-state index is 13.4. The molecule has 0 spiro atoms. The summed E-state index contributed by atoms with van der Waals surface area (Å²) in [7, 11) is -4.30. The van der Waals surface area contributed by atoms with Gasteiger partial charge < -0.3 is 5.11 Å². The molecular weight excluding hydrogens is 277 g/mol. The Morgan fingerprint density at radius 2 is 2.18 bits per heavy atom. The van der Waals surface area contributed by atoms with Crippen molar-refractivity contribution < 1.29 is 27.5 Å². The topological polar surface area (TPSA) is 92.7 Å². The van der Waals surface area contributed by atoms with E-state index in [0.717, 1.165) is 6.07 Å². The number of aliphatic carboxylic acids is 1. The van der Waals surface area contributed by atoms with Crippen LogP contribution in [-0.4, -0.2) is 26.1 Å². The summed E-state index contributed by atoms with van der Waals surface area (Å²) in [6.45, 7) is -0.887. The summed E-state index contributed by atoms with van der Waals surface area (Å²) in [5.74, 6) is -2.51. The van der Waals surface area contributed by atoms with Gasteiger partial charge in [-0.05, 0) is 12.1 Å². The molecule has 0 fully saturated rings. The summed E-state index contributed by atoms with van der Waals surface area (Å²) >= 11 is 5.40. The molecule has 1 rings (SSSR count). The summed E-state index contributed by atoms with van der Waals surface area (Å²) in [5.41, 5.74) is 0. The van der Waals surface area contributed by atoms with Gasteiger partial charge in [-0.1, -0.05) is 22.6 Å². The third-order valence-corrected chi connectivity index (χ3v) is 3.09. The Balaban J connectivity index is 2.90. The highest BCUT2D eigenvalue weighted by Gasteiger charge is 2.21. The number of hydrogen-bond donors (Lipinski definition) is 2. The van der Waals surface area contributed by atoms with Crippen LogP contribution in [-0.2, 0) is 19.7 Å². The fraction of sp³-hybridized carbons (Fsp3) is 0.125. The molecule has 0 saturated carbocycles. The van der Waals surface area contributed by atoms with Crippen LogP contribution >= 0.6 is 11.6 Å². The average Bonchev–Trinajstić information content (AvgIpc) is 2.21. The van der Waals surface area contributed by atoms with Gasteiger partial charge in [0.05, 0.1) is 5.02 Å². The Kier molecular flexibility index (Phi) is 4.40. The van der Waals surface area contributed by atoms with E-state index < -0.39 is 33.3 Å². The van der Waals surface area contributed by atoms with E-state index in [1.165, 1.54) is 17.0 Å². The van der Waals surface area contributed by atoms with Gasteiger partial charge in [0.1, 0.15) is 4.90 Å². The molecule has 0 aliphatic carbocycles. The van der Waals surface area contributed by atoms with Gasteiger partial charge in [0, 0.05) is 0 Å². The molecule has 0 aliphatic rings. The summed E-state index contributed by atoms with van der Waals surface area (Å²) in [5, 5.41) is 7.86. The molecule has 9 heteroatoms. The summed E-state index contributed by atoms with van der Waals surface area (Å²) in [4.78, 5) is 15.0. The maximum atomic E-state index is 13.4. The molecule has 0 saturated heterocycles. The smallest absolute Gasteiger partial charge is 0.331 e. The predicted octanol–water partition coefficient (Wildman–Crippen LogP) is 0.774. The first-order chi connectivity index (χ1) is 7.84. The SMILES string of the molecule is O=C(O)CONS(=O)(=O)c1cccc(Cl)c1F. The number of rotatable bonds is 5. The zero-order chi connectivity index (χ0) is 13.1. The molecule has 94 valence electrons. The average molecular weight is 284 g/mol. The second-order valence-electron chi connectivity index (χ2n) is 2.82. The maximum Gasteiger partial charge on any atom is 0.331 e. The van der Waals surface area contributed by atoms with E-state index in [1.807, 2.05) is 0 Å². The van der Waals surface area contributed by atoms with Gasteiger partial charge in [-0.2, -0.15) is 0 Å². The van der Waals surface area contributed by atoms with Crippen molar-refractivity contribution in [1.29, 1.82) is 0 Å². The van der Waals surface area contributed by atoms with Crippen LogP contribution in [0.3, 0.4) is 0 Å². The number of carboxylic acids is 1. The fourth-order valence-corrected chi connectivity index (χ4v) is 2.04. The molecule has 0 atom stereocenters. The third kappa shape index (κ3) is 3.63. The molecule has 0 heterocycles. The molecular formula is C8H7ClFNO5S. The van der Waals surface area contributed by atoms with Crippen molar-refractivity contribution in [2.45, 2.75) is 4.90 Å². The second-order valence-corrected chi connectivity index (χ2v) is 4.84. The van der Waals surface area contributed by atoms with E-state index in [2.05, 4.69) is 4.84 Å². The van der Waals surface area contributed by atoms with Crippen LogP contribution in [0, 0.1) is 5.82 Å². The molecule has 0 aromatic heterocycles. The molecule has 1 aromatic rings. The Bertz CT molecular complexity index is 533. The molecule has 0 bridgehead atoms. The number of halogens is 2. The highest BCUT2D eigenvalue weighted by Crippen LogP contribution is 2.21. The van der Waals surface area contributed by atoms with E-state index >= 15 is 0 Å². The molecule has 0 unspecified atom stereocenters. The van der Waals surface area contributed by atoms with Crippen molar-refractivity contribution in [3.63, 3.8) is 0 Å². The van der Waals surface area contributed by atoms with Gasteiger partial charge in [0.15, 0.2) is 12.4 Å². The minimum absolute atomic E-state index is 0.369. The van der Waals surface area contributed by atoms with E-state index in [9.17, 15) is 17.6 Å². The van der Waals surface area contributed by atoms with Crippen molar-refractivity contribution in [2.24, 2.45) is 0 Å². The zero-order valence-electron chi connectivity index (χ0n) is 8.18. The predicted molar refractivity (Wildman–Crippen MR) is 55.3 cm³/mol. The van der Waals surface area contributed by atoms with E-state index in [4.69, 9.17) is 16.7 Å². The summed E-state index contributed by atoms with van der Waals surface area (Å²) in [6.07, 6.45) is 0. The highest BCUT2D eigenvalue weighted by atomic mass is 35.5. The molecule has 0 aliphatic heterocycles. The van der Waals surface area contributed by atoms with E-state index in [-0.39, 0.29) is 5.02 Å².